The molecular weight excluding hydrogens is 310 g/mol. The molecule has 2 aromatic rings. The van der Waals surface area contributed by atoms with Crippen LogP contribution in [0.15, 0.2) is 42.5 Å². The number of amides is 1. The lowest BCUT2D eigenvalue weighted by Crippen LogP contribution is -2.36. The highest BCUT2D eigenvalue weighted by atomic mass is 19.2. The predicted molar refractivity (Wildman–Crippen MR) is 90.7 cm³/mol. The molecule has 1 amide bonds. The number of aryl methyl sites for hydroxylation is 1. The van der Waals surface area contributed by atoms with Gasteiger partial charge in [0.25, 0.3) is 0 Å². The maximum Gasteiger partial charge on any atom is 0.233 e. The van der Waals surface area contributed by atoms with Crippen LogP contribution in [0.1, 0.15) is 29.7 Å². The van der Waals surface area contributed by atoms with Crippen LogP contribution in [-0.2, 0) is 11.2 Å². The van der Waals surface area contributed by atoms with Gasteiger partial charge < -0.3 is 10.6 Å². The molecule has 0 aromatic heterocycles. The summed E-state index contributed by atoms with van der Waals surface area (Å²) >= 11 is 0. The minimum atomic E-state index is -0.885. The molecule has 0 heterocycles. The molecular formula is C19H22F2N2O. The van der Waals surface area contributed by atoms with Crippen LogP contribution in [-0.4, -0.2) is 19.0 Å². The van der Waals surface area contributed by atoms with Crippen LogP contribution in [0.4, 0.5) is 8.78 Å². The molecule has 1 atom stereocenters. The lowest BCUT2D eigenvalue weighted by molar-refractivity contribution is -0.120. The van der Waals surface area contributed by atoms with Crippen molar-refractivity contribution in [2.75, 3.05) is 13.1 Å². The van der Waals surface area contributed by atoms with Gasteiger partial charge in [-0.15, -0.1) is 0 Å². The zero-order valence-corrected chi connectivity index (χ0v) is 13.9. The molecule has 2 N–H and O–H groups in total. The van der Waals surface area contributed by atoms with E-state index in [-0.39, 0.29) is 18.5 Å². The summed E-state index contributed by atoms with van der Waals surface area (Å²) in [6.07, 6.45) is 0.775. The van der Waals surface area contributed by atoms with Gasteiger partial charge in [0.15, 0.2) is 11.6 Å². The van der Waals surface area contributed by atoms with Crippen molar-refractivity contribution in [2.45, 2.75) is 26.3 Å². The van der Waals surface area contributed by atoms with Crippen molar-refractivity contribution < 1.29 is 13.6 Å². The monoisotopic (exact) mass is 332 g/mol. The Labute approximate surface area is 141 Å². The van der Waals surface area contributed by atoms with Crippen LogP contribution in [0, 0.1) is 18.6 Å². The minimum Gasteiger partial charge on any atom is -0.355 e. The number of rotatable bonds is 7. The molecule has 2 rings (SSSR count). The molecule has 0 radical (unpaired) electrons. The number of carbonyl (C=O) groups is 1. The van der Waals surface area contributed by atoms with Gasteiger partial charge in [0, 0.05) is 12.6 Å². The fourth-order valence-electron chi connectivity index (χ4n) is 2.44. The normalized spacial score (nSPS) is 12.0. The molecule has 0 spiro atoms. The summed E-state index contributed by atoms with van der Waals surface area (Å²) in [4.78, 5) is 11.9. The van der Waals surface area contributed by atoms with Gasteiger partial charge in [0.05, 0.1) is 6.54 Å². The standard InChI is InChI=1S/C19H22F2N2O/c1-13-5-3-4-6-15(13)9-10-22-19(24)12-23-14(2)16-7-8-17(20)18(21)11-16/h3-8,11,14,23H,9-10,12H2,1-2H3,(H,22,24)/t14-/m1/s1. The molecule has 0 saturated heterocycles. The largest absolute Gasteiger partial charge is 0.355 e. The quantitative estimate of drug-likeness (QED) is 0.817. The maximum absolute atomic E-state index is 13.2. The van der Waals surface area contributed by atoms with Gasteiger partial charge in [-0.25, -0.2) is 8.78 Å². The van der Waals surface area contributed by atoms with Gasteiger partial charge in [-0.1, -0.05) is 30.3 Å². The van der Waals surface area contributed by atoms with Crippen LogP contribution in [0.2, 0.25) is 0 Å². The summed E-state index contributed by atoms with van der Waals surface area (Å²) in [5.41, 5.74) is 3.01. The summed E-state index contributed by atoms with van der Waals surface area (Å²) in [5.74, 6) is -1.89. The second-order valence-electron chi connectivity index (χ2n) is 5.80. The van der Waals surface area contributed by atoms with Gasteiger partial charge in [-0.2, -0.15) is 0 Å². The average molecular weight is 332 g/mol. The molecule has 128 valence electrons. The van der Waals surface area contributed by atoms with E-state index in [1.54, 1.807) is 6.92 Å². The molecule has 0 aliphatic rings. The molecule has 3 nitrogen and oxygen atoms in total. The summed E-state index contributed by atoms with van der Waals surface area (Å²) in [6, 6.07) is 11.5. The van der Waals surface area contributed by atoms with E-state index >= 15 is 0 Å². The number of nitrogens with one attached hydrogen (secondary N) is 2. The van der Waals surface area contributed by atoms with Crippen LogP contribution < -0.4 is 10.6 Å². The van der Waals surface area contributed by atoms with E-state index in [0.717, 1.165) is 18.6 Å². The first-order chi connectivity index (χ1) is 11.5. The molecule has 0 aliphatic carbocycles. The van der Waals surface area contributed by atoms with Crippen molar-refractivity contribution in [3.05, 3.63) is 70.8 Å². The average Bonchev–Trinajstić information content (AvgIpc) is 2.57. The van der Waals surface area contributed by atoms with Crippen LogP contribution in [0.3, 0.4) is 0 Å². The SMILES string of the molecule is Cc1ccccc1CCNC(=O)CN[C@H](C)c1ccc(F)c(F)c1. The van der Waals surface area contributed by atoms with E-state index in [9.17, 15) is 13.6 Å². The number of hydrogen-bond acceptors (Lipinski definition) is 2. The van der Waals surface area contributed by atoms with Crippen LogP contribution in [0.25, 0.3) is 0 Å². The highest BCUT2D eigenvalue weighted by Gasteiger charge is 2.10. The van der Waals surface area contributed by atoms with Gasteiger partial charge in [0.2, 0.25) is 5.91 Å². The Bertz CT molecular complexity index is 704. The van der Waals surface area contributed by atoms with Crippen LogP contribution >= 0.6 is 0 Å². The van der Waals surface area contributed by atoms with Crippen molar-refractivity contribution in [3.63, 3.8) is 0 Å². The first-order valence-corrected chi connectivity index (χ1v) is 7.97. The Morgan fingerprint density at radius 2 is 1.88 bits per heavy atom. The maximum atomic E-state index is 13.2. The van der Waals surface area contributed by atoms with Crippen molar-refractivity contribution in [1.82, 2.24) is 10.6 Å². The summed E-state index contributed by atoms with van der Waals surface area (Å²) in [7, 11) is 0. The Morgan fingerprint density at radius 3 is 2.58 bits per heavy atom. The Kier molecular flexibility index (Phi) is 6.44. The lowest BCUT2D eigenvalue weighted by Gasteiger charge is -2.14. The fraction of sp³-hybridized carbons (Fsp3) is 0.316. The molecule has 0 bridgehead atoms. The van der Waals surface area contributed by atoms with E-state index in [2.05, 4.69) is 10.6 Å². The zero-order chi connectivity index (χ0) is 17.5. The summed E-state index contributed by atoms with van der Waals surface area (Å²) < 4.78 is 26.1. The number of hydrogen-bond donors (Lipinski definition) is 2. The van der Waals surface area contributed by atoms with E-state index in [1.807, 2.05) is 31.2 Å². The van der Waals surface area contributed by atoms with Gasteiger partial charge in [-0.05, 0) is 49.1 Å². The van der Waals surface area contributed by atoms with Crippen molar-refractivity contribution in [2.24, 2.45) is 0 Å². The zero-order valence-electron chi connectivity index (χ0n) is 13.9. The summed E-state index contributed by atoms with van der Waals surface area (Å²) in [5, 5.41) is 5.85. The minimum absolute atomic E-state index is 0.119. The highest BCUT2D eigenvalue weighted by molar-refractivity contribution is 5.78. The van der Waals surface area contributed by atoms with Gasteiger partial charge >= 0.3 is 0 Å². The molecule has 0 aliphatic heterocycles. The third-order valence-corrected chi connectivity index (χ3v) is 3.99. The smallest absolute Gasteiger partial charge is 0.233 e. The van der Waals surface area contributed by atoms with Crippen molar-refractivity contribution in [3.8, 4) is 0 Å². The molecule has 0 fully saturated rings. The molecule has 2 aromatic carbocycles. The number of carbonyl (C=O) groups excluding carboxylic acids is 1. The molecule has 5 heteroatoms. The first kappa shape index (κ1) is 18.1. The van der Waals surface area contributed by atoms with E-state index in [0.29, 0.717) is 12.1 Å². The second kappa shape index (κ2) is 8.55. The van der Waals surface area contributed by atoms with Crippen molar-refractivity contribution >= 4 is 5.91 Å². The van der Waals surface area contributed by atoms with Crippen molar-refractivity contribution in [1.29, 1.82) is 0 Å². The third kappa shape index (κ3) is 5.13. The number of benzene rings is 2. The van der Waals surface area contributed by atoms with E-state index in [4.69, 9.17) is 0 Å². The van der Waals surface area contributed by atoms with E-state index in [1.165, 1.54) is 17.2 Å². The molecule has 24 heavy (non-hydrogen) atoms. The fourth-order valence-corrected chi connectivity index (χ4v) is 2.44. The molecule has 0 saturated carbocycles. The first-order valence-electron chi connectivity index (χ1n) is 7.97. The van der Waals surface area contributed by atoms with Gasteiger partial charge in [-0.3, -0.25) is 4.79 Å². The van der Waals surface area contributed by atoms with E-state index < -0.39 is 11.6 Å². The predicted octanol–water partition coefficient (Wildman–Crippen LogP) is 3.28. The highest BCUT2D eigenvalue weighted by Crippen LogP contribution is 2.15. The molecule has 0 unspecified atom stereocenters. The number of halogens is 2. The lowest BCUT2D eigenvalue weighted by atomic mass is 10.1. The Hall–Kier alpha value is -2.27. The van der Waals surface area contributed by atoms with Crippen LogP contribution in [0.5, 0.6) is 0 Å². The Balaban J connectivity index is 1.74. The summed E-state index contributed by atoms with van der Waals surface area (Å²) in [6.45, 7) is 4.52. The van der Waals surface area contributed by atoms with Gasteiger partial charge in [0.1, 0.15) is 0 Å². The third-order valence-electron chi connectivity index (χ3n) is 3.99. The topological polar surface area (TPSA) is 41.1 Å². The second-order valence-corrected chi connectivity index (χ2v) is 5.80. The Morgan fingerprint density at radius 1 is 1.12 bits per heavy atom.